The first kappa shape index (κ1) is 14.4. The lowest BCUT2D eigenvalue weighted by atomic mass is 10.2. The third-order valence-electron chi connectivity index (χ3n) is 2.77. The zero-order valence-corrected chi connectivity index (χ0v) is 11.7. The van der Waals surface area contributed by atoms with Crippen LogP contribution in [0.5, 0.6) is 0 Å². The molecule has 1 aromatic heterocycles. The number of rotatable bonds is 4. The van der Waals surface area contributed by atoms with E-state index in [1.54, 1.807) is 5.51 Å². The summed E-state index contributed by atoms with van der Waals surface area (Å²) in [6, 6.07) is 2.49. The van der Waals surface area contributed by atoms with Gasteiger partial charge in [0.25, 0.3) is 0 Å². The van der Waals surface area contributed by atoms with Crippen LogP contribution in [-0.4, -0.2) is 18.1 Å². The van der Waals surface area contributed by atoms with Crippen molar-refractivity contribution in [1.29, 1.82) is 0 Å². The van der Waals surface area contributed by atoms with Crippen LogP contribution in [-0.2, 0) is 11.3 Å². The highest BCUT2D eigenvalue weighted by molar-refractivity contribution is 7.09. The number of anilines is 1. The second kappa shape index (κ2) is 5.96. The van der Waals surface area contributed by atoms with Gasteiger partial charge in [-0.15, -0.1) is 11.3 Å². The molecule has 0 aliphatic rings. The summed E-state index contributed by atoms with van der Waals surface area (Å²) >= 11 is 1.43. The number of benzene rings is 1. The van der Waals surface area contributed by atoms with Crippen molar-refractivity contribution in [2.45, 2.75) is 13.5 Å². The summed E-state index contributed by atoms with van der Waals surface area (Å²) in [6.45, 7) is 2.18. The first-order valence-corrected chi connectivity index (χ1v) is 6.61. The lowest BCUT2D eigenvalue weighted by Gasteiger charge is -2.09. The first-order valence-electron chi connectivity index (χ1n) is 5.73. The average Bonchev–Trinajstić information content (AvgIpc) is 2.85. The maximum Gasteiger partial charge on any atom is 0.340 e. The van der Waals surface area contributed by atoms with E-state index in [9.17, 15) is 13.6 Å². The minimum Gasteiger partial charge on any atom is -0.465 e. The summed E-state index contributed by atoms with van der Waals surface area (Å²) in [5.74, 6) is -3.23. The quantitative estimate of drug-likeness (QED) is 0.881. The van der Waals surface area contributed by atoms with Gasteiger partial charge in [-0.3, -0.25) is 0 Å². The molecule has 1 N–H and O–H groups in total. The Labute approximate surface area is 118 Å². The highest BCUT2D eigenvalue weighted by Gasteiger charge is 2.19. The Hall–Kier alpha value is -2.02. The molecule has 1 aromatic carbocycles. The number of methoxy groups -OCH3 is 1. The largest absolute Gasteiger partial charge is 0.465 e. The van der Waals surface area contributed by atoms with E-state index in [-0.39, 0.29) is 5.69 Å². The molecule has 0 unspecified atom stereocenters. The lowest BCUT2D eigenvalue weighted by molar-refractivity contribution is 0.0594. The molecule has 0 bridgehead atoms. The Morgan fingerprint density at radius 3 is 2.75 bits per heavy atom. The minimum absolute atomic E-state index is 0.0112. The maximum atomic E-state index is 13.8. The van der Waals surface area contributed by atoms with E-state index in [0.29, 0.717) is 6.54 Å². The maximum absolute atomic E-state index is 13.8. The zero-order valence-electron chi connectivity index (χ0n) is 10.9. The number of carbonyl (C=O) groups excluding carboxylic acids is 1. The molecule has 2 rings (SSSR count). The van der Waals surface area contributed by atoms with Crippen LogP contribution in [0, 0.1) is 18.6 Å². The van der Waals surface area contributed by atoms with Crippen molar-refractivity contribution in [3.05, 3.63) is 45.4 Å². The number of hydrogen-bond acceptors (Lipinski definition) is 5. The number of aryl methyl sites for hydroxylation is 1. The molecule has 0 saturated heterocycles. The van der Waals surface area contributed by atoms with Crippen LogP contribution in [0.15, 0.2) is 17.6 Å². The van der Waals surface area contributed by atoms with Gasteiger partial charge in [0.15, 0.2) is 11.6 Å². The van der Waals surface area contributed by atoms with Crippen molar-refractivity contribution >= 4 is 23.0 Å². The first-order chi connectivity index (χ1) is 9.54. The number of nitrogens with zero attached hydrogens (tertiary/aromatic N) is 1. The molecule has 4 nitrogen and oxygen atoms in total. The molecule has 2 aromatic rings. The van der Waals surface area contributed by atoms with Crippen molar-refractivity contribution in [1.82, 2.24) is 4.98 Å². The minimum atomic E-state index is -1.22. The summed E-state index contributed by atoms with van der Waals surface area (Å²) < 4.78 is 31.9. The summed E-state index contributed by atoms with van der Waals surface area (Å²) in [5.41, 5.74) is 2.09. The summed E-state index contributed by atoms with van der Waals surface area (Å²) in [7, 11) is 1.11. The normalized spacial score (nSPS) is 10.4. The molecule has 0 atom stereocenters. The highest BCUT2D eigenvalue weighted by atomic mass is 32.1. The Kier molecular flexibility index (Phi) is 4.29. The van der Waals surface area contributed by atoms with Gasteiger partial charge in [-0.05, 0) is 19.1 Å². The van der Waals surface area contributed by atoms with Crippen LogP contribution in [0.4, 0.5) is 14.5 Å². The van der Waals surface area contributed by atoms with Crippen molar-refractivity contribution < 1.29 is 18.3 Å². The van der Waals surface area contributed by atoms with Gasteiger partial charge in [0.05, 0.1) is 36.1 Å². The number of thiazole rings is 1. The van der Waals surface area contributed by atoms with E-state index < -0.39 is 23.2 Å². The fraction of sp³-hybridized carbons (Fsp3) is 0.231. The second-order valence-electron chi connectivity index (χ2n) is 3.99. The summed E-state index contributed by atoms with van der Waals surface area (Å²) in [5, 5.41) is 2.78. The van der Waals surface area contributed by atoms with Gasteiger partial charge in [-0.2, -0.15) is 0 Å². The van der Waals surface area contributed by atoms with Gasteiger partial charge < -0.3 is 10.1 Å². The zero-order chi connectivity index (χ0) is 14.7. The predicted molar refractivity (Wildman–Crippen MR) is 71.9 cm³/mol. The van der Waals surface area contributed by atoms with Gasteiger partial charge in [0.1, 0.15) is 0 Å². The monoisotopic (exact) mass is 298 g/mol. The molecule has 106 valence electrons. The summed E-state index contributed by atoms with van der Waals surface area (Å²) in [6.07, 6.45) is 0. The Morgan fingerprint density at radius 1 is 1.40 bits per heavy atom. The highest BCUT2D eigenvalue weighted by Crippen LogP contribution is 2.23. The number of esters is 1. The van der Waals surface area contributed by atoms with Gasteiger partial charge in [0.2, 0.25) is 0 Å². The molecule has 0 radical (unpaired) electrons. The number of halogens is 2. The summed E-state index contributed by atoms with van der Waals surface area (Å²) in [4.78, 5) is 16.2. The number of carbonyl (C=O) groups is 1. The van der Waals surface area contributed by atoms with E-state index >= 15 is 0 Å². The molecule has 0 amide bonds. The molecule has 1 heterocycles. The number of hydrogen-bond donors (Lipinski definition) is 1. The molecular weight excluding hydrogens is 286 g/mol. The number of nitrogens with one attached hydrogen (secondary N) is 1. The average molecular weight is 298 g/mol. The van der Waals surface area contributed by atoms with E-state index in [1.165, 1.54) is 23.5 Å². The van der Waals surface area contributed by atoms with Gasteiger partial charge >= 0.3 is 5.97 Å². The van der Waals surface area contributed by atoms with Gasteiger partial charge in [-0.25, -0.2) is 18.6 Å². The topological polar surface area (TPSA) is 51.2 Å². The van der Waals surface area contributed by atoms with Gasteiger partial charge in [0, 0.05) is 4.88 Å². The second-order valence-corrected chi connectivity index (χ2v) is 4.93. The van der Waals surface area contributed by atoms with Crippen molar-refractivity contribution in [2.24, 2.45) is 0 Å². The molecular formula is C13H12F2N2O2S. The molecule has 7 heteroatoms. The van der Waals surface area contributed by atoms with Crippen molar-refractivity contribution in [3.8, 4) is 0 Å². The SMILES string of the molecule is COC(=O)c1ccc(NCc2scnc2C)c(F)c1F. The molecule has 20 heavy (non-hydrogen) atoms. The van der Waals surface area contributed by atoms with Crippen LogP contribution >= 0.6 is 11.3 Å². The number of aromatic nitrogens is 1. The van der Waals surface area contributed by atoms with E-state index in [4.69, 9.17) is 0 Å². The van der Waals surface area contributed by atoms with Crippen molar-refractivity contribution in [2.75, 3.05) is 12.4 Å². The van der Waals surface area contributed by atoms with Crippen LogP contribution in [0.1, 0.15) is 20.9 Å². The Morgan fingerprint density at radius 2 is 2.15 bits per heavy atom. The lowest BCUT2D eigenvalue weighted by Crippen LogP contribution is -2.09. The molecule has 0 saturated carbocycles. The van der Waals surface area contributed by atoms with Crippen LogP contribution in [0.25, 0.3) is 0 Å². The molecule has 0 aliphatic carbocycles. The van der Waals surface area contributed by atoms with Crippen LogP contribution < -0.4 is 5.32 Å². The molecule has 0 aliphatic heterocycles. The predicted octanol–water partition coefficient (Wildman–Crippen LogP) is 3.13. The standard InChI is InChI=1S/C13H12F2N2O2S/c1-7-10(20-6-17-7)5-16-9-4-3-8(13(18)19-2)11(14)12(9)15/h3-4,6,16H,5H2,1-2H3. The van der Waals surface area contributed by atoms with Gasteiger partial charge in [-0.1, -0.05) is 0 Å². The van der Waals surface area contributed by atoms with E-state index in [2.05, 4.69) is 15.0 Å². The molecule has 0 fully saturated rings. The van der Waals surface area contributed by atoms with E-state index in [0.717, 1.165) is 17.7 Å². The van der Waals surface area contributed by atoms with Crippen molar-refractivity contribution in [3.63, 3.8) is 0 Å². The molecule has 0 spiro atoms. The fourth-order valence-electron chi connectivity index (χ4n) is 1.62. The Bertz CT molecular complexity index is 643. The van der Waals surface area contributed by atoms with E-state index in [1.807, 2.05) is 6.92 Å². The number of ether oxygens (including phenoxy) is 1. The van der Waals surface area contributed by atoms with Crippen LogP contribution in [0.2, 0.25) is 0 Å². The third kappa shape index (κ3) is 2.77. The third-order valence-corrected chi connectivity index (χ3v) is 3.71. The van der Waals surface area contributed by atoms with Crippen LogP contribution in [0.3, 0.4) is 0 Å². The fourth-order valence-corrected chi connectivity index (χ4v) is 2.34. The Balaban J connectivity index is 2.19. The smallest absolute Gasteiger partial charge is 0.340 e.